The van der Waals surface area contributed by atoms with E-state index in [4.69, 9.17) is 56.8 Å². The van der Waals surface area contributed by atoms with Gasteiger partial charge < -0.3 is 154 Å². The SMILES string of the molecule is C[C@@H]1O[C@@H](O[C@H]2[C@H](OC(=O)[C@]34CCC(C)(C)CC3C3=CC[C@@H]5[C@@]6(C)C[C@H](O)[C@H](O[C@@H]7O[C@H](CO)[C@@H](O)[C@H](O[C@@H]8O[C@H](CO)[C@@H](O)[C@H](O)[C@H]8O)[C@H]7O)[C@@](C)(CO)C6CC[C@@]5(C)[C@]3(C)C[C@H]4O)OC[C@H](O)[C@@H]2O)[C@H](O)[C@H](O[C@@H]2OC[C@](O)(CO)[C@H]2O)[C@H]1O[C@@H]1OC[C@@H](O)[C@H](O)[C@H]1O. The van der Waals surface area contributed by atoms with Gasteiger partial charge >= 0.3 is 5.97 Å². The third-order valence-electron chi connectivity index (χ3n) is 24.7. The minimum Gasteiger partial charge on any atom is -0.432 e. The van der Waals surface area contributed by atoms with Gasteiger partial charge in [0.1, 0.15) is 115 Å². The fraction of sp³-hybridized carbons (Fsp3) is 0.952. The molecule has 546 valence electrons. The molecule has 0 amide bonds. The molecule has 0 aromatic rings. The molecule has 95 heavy (non-hydrogen) atoms. The van der Waals surface area contributed by atoms with Crippen molar-refractivity contribution < 1.29 is 159 Å². The van der Waals surface area contributed by atoms with Crippen molar-refractivity contribution in [1.29, 1.82) is 0 Å². The van der Waals surface area contributed by atoms with E-state index < -0.39 is 269 Å². The molecular weight excluding hydrogens is 1270 g/mol. The second-order valence-electron chi connectivity index (χ2n) is 30.8. The number of aliphatic hydroxyl groups excluding tert-OH is 18. The van der Waals surface area contributed by atoms with Crippen molar-refractivity contribution in [2.45, 2.75) is 277 Å². The minimum atomic E-state index is -2.20. The molecule has 32 nitrogen and oxygen atoms in total. The van der Waals surface area contributed by atoms with Gasteiger partial charge in [0.05, 0.1) is 70.7 Å². The Bertz CT molecular complexity index is 2700. The Morgan fingerprint density at radius 1 is 0.537 bits per heavy atom. The van der Waals surface area contributed by atoms with E-state index >= 15 is 4.79 Å². The minimum absolute atomic E-state index is 0.0559. The highest BCUT2D eigenvalue weighted by Crippen LogP contribution is 2.76. The fourth-order valence-corrected chi connectivity index (χ4v) is 18.8. The predicted octanol–water partition coefficient (Wildman–Crippen LogP) is -6.53. The summed E-state index contributed by atoms with van der Waals surface area (Å²) in [6.45, 7) is 8.92. The Hall–Kier alpha value is -1.99. The highest BCUT2D eigenvalue weighted by atomic mass is 16.8. The van der Waals surface area contributed by atoms with Crippen LogP contribution in [0.25, 0.3) is 0 Å². The number of hydrogen-bond donors (Lipinski definition) is 19. The van der Waals surface area contributed by atoms with Crippen LogP contribution >= 0.6 is 0 Å². The number of carbonyl (C=O) groups is 1. The van der Waals surface area contributed by atoms with Crippen LogP contribution in [0.15, 0.2) is 11.6 Å². The molecule has 6 saturated heterocycles. The lowest BCUT2D eigenvalue weighted by Crippen LogP contribution is -2.71. The van der Waals surface area contributed by atoms with Crippen molar-refractivity contribution in [2.75, 3.05) is 46.2 Å². The van der Waals surface area contributed by atoms with Gasteiger partial charge in [-0.05, 0) is 97.7 Å². The van der Waals surface area contributed by atoms with Crippen molar-refractivity contribution >= 4 is 5.97 Å². The molecule has 11 aliphatic rings. The second-order valence-corrected chi connectivity index (χ2v) is 30.8. The molecule has 2 unspecified atom stereocenters. The smallest absolute Gasteiger partial charge is 0.317 e. The van der Waals surface area contributed by atoms with Crippen LogP contribution in [-0.2, 0) is 61.6 Å². The summed E-state index contributed by atoms with van der Waals surface area (Å²) in [6, 6.07) is 0. The van der Waals surface area contributed by atoms with Crippen LogP contribution < -0.4 is 0 Å². The zero-order chi connectivity index (χ0) is 69.4. The van der Waals surface area contributed by atoms with E-state index in [2.05, 4.69) is 40.7 Å². The Balaban J connectivity index is 0.838. The van der Waals surface area contributed by atoms with Crippen molar-refractivity contribution in [2.24, 2.45) is 50.2 Å². The first kappa shape index (κ1) is 74.2. The van der Waals surface area contributed by atoms with E-state index in [1.165, 1.54) is 6.92 Å². The normalized spacial score (nSPS) is 55.5. The topological polar surface area (TPSA) is 512 Å². The van der Waals surface area contributed by atoms with Crippen LogP contribution in [0.3, 0.4) is 0 Å². The maximum Gasteiger partial charge on any atom is 0.317 e. The molecule has 11 rings (SSSR count). The molecule has 6 aliphatic heterocycles. The summed E-state index contributed by atoms with van der Waals surface area (Å²) in [4.78, 5) is 15.7. The molecule has 19 N–H and O–H groups in total. The van der Waals surface area contributed by atoms with Gasteiger partial charge in [-0.3, -0.25) is 4.79 Å². The molecule has 10 fully saturated rings. The largest absolute Gasteiger partial charge is 0.432 e. The second kappa shape index (κ2) is 27.3. The fourth-order valence-electron chi connectivity index (χ4n) is 18.8. The number of carbonyl (C=O) groups excluding carboxylic acids is 1. The first-order valence-corrected chi connectivity index (χ1v) is 33.2. The third kappa shape index (κ3) is 12.3. The van der Waals surface area contributed by atoms with Crippen LogP contribution in [0.1, 0.15) is 99.8 Å². The van der Waals surface area contributed by atoms with Gasteiger partial charge in [0.15, 0.2) is 37.6 Å². The molecular formula is C63H102O32. The van der Waals surface area contributed by atoms with E-state index in [1.54, 1.807) is 6.92 Å². The molecule has 0 spiro atoms. The molecule has 0 radical (unpaired) electrons. The van der Waals surface area contributed by atoms with Gasteiger partial charge in [-0.2, -0.15) is 0 Å². The number of ether oxygens (including phenoxy) is 12. The Labute approximate surface area is 548 Å². The summed E-state index contributed by atoms with van der Waals surface area (Å²) in [6.07, 6.45) is -42.7. The van der Waals surface area contributed by atoms with Crippen molar-refractivity contribution in [1.82, 2.24) is 0 Å². The third-order valence-corrected chi connectivity index (χ3v) is 24.7. The Kier molecular flexibility index (Phi) is 21.3. The van der Waals surface area contributed by atoms with Crippen molar-refractivity contribution in [3.8, 4) is 0 Å². The van der Waals surface area contributed by atoms with Gasteiger partial charge in [0.25, 0.3) is 0 Å². The highest BCUT2D eigenvalue weighted by molar-refractivity contribution is 5.80. The summed E-state index contributed by atoms with van der Waals surface area (Å²) < 4.78 is 71.5. The van der Waals surface area contributed by atoms with Gasteiger partial charge in [0.2, 0.25) is 6.29 Å². The summed E-state index contributed by atoms with van der Waals surface area (Å²) in [7, 11) is 0. The Morgan fingerprint density at radius 2 is 1.12 bits per heavy atom. The van der Waals surface area contributed by atoms with Crippen LogP contribution in [0.2, 0.25) is 0 Å². The van der Waals surface area contributed by atoms with Gasteiger partial charge in [-0.1, -0.05) is 53.2 Å². The summed E-state index contributed by atoms with van der Waals surface area (Å²) in [5.74, 6) is -2.18. The lowest BCUT2D eigenvalue weighted by molar-refractivity contribution is -0.381. The quantitative estimate of drug-likeness (QED) is 0.0388. The van der Waals surface area contributed by atoms with E-state index in [9.17, 15) is 97.0 Å². The molecule has 4 saturated carbocycles. The number of esters is 1. The van der Waals surface area contributed by atoms with Gasteiger partial charge in [-0.15, -0.1) is 0 Å². The molecule has 0 aromatic carbocycles. The lowest BCUT2D eigenvalue weighted by atomic mass is 9.33. The maximum atomic E-state index is 15.7. The number of fused-ring (bicyclic) bond motifs is 7. The summed E-state index contributed by atoms with van der Waals surface area (Å²) in [5, 5.41) is 210. The summed E-state index contributed by atoms with van der Waals surface area (Å²) in [5.41, 5.74) is -6.82. The van der Waals surface area contributed by atoms with Crippen LogP contribution in [-0.4, -0.2) is 327 Å². The van der Waals surface area contributed by atoms with Crippen LogP contribution in [0, 0.1) is 50.2 Å². The average molecular weight is 1370 g/mol. The maximum absolute atomic E-state index is 15.7. The van der Waals surface area contributed by atoms with E-state index in [-0.39, 0.29) is 30.6 Å². The molecule has 37 atom stereocenters. The number of allylic oxidation sites excluding steroid dienone is 2. The first-order valence-electron chi connectivity index (χ1n) is 33.2. The molecule has 32 heteroatoms. The Morgan fingerprint density at radius 3 is 1.76 bits per heavy atom. The molecule has 5 aliphatic carbocycles. The average Bonchev–Trinajstić information content (AvgIpc) is 0.835. The van der Waals surface area contributed by atoms with Crippen molar-refractivity contribution in [3.05, 3.63) is 11.6 Å². The van der Waals surface area contributed by atoms with E-state index in [0.29, 0.717) is 32.1 Å². The summed E-state index contributed by atoms with van der Waals surface area (Å²) >= 11 is 0. The van der Waals surface area contributed by atoms with E-state index in [1.807, 2.05) is 0 Å². The van der Waals surface area contributed by atoms with Gasteiger partial charge in [0, 0.05) is 5.41 Å². The zero-order valence-electron chi connectivity index (χ0n) is 54.4. The number of rotatable bonds is 16. The molecule has 0 aromatic heterocycles. The van der Waals surface area contributed by atoms with Gasteiger partial charge in [-0.25, -0.2) is 0 Å². The predicted molar refractivity (Wildman–Crippen MR) is 313 cm³/mol. The van der Waals surface area contributed by atoms with E-state index in [0.717, 1.165) is 5.57 Å². The molecule has 6 heterocycles. The zero-order valence-corrected chi connectivity index (χ0v) is 54.4. The number of hydrogen-bond acceptors (Lipinski definition) is 32. The monoisotopic (exact) mass is 1370 g/mol. The number of aliphatic hydroxyl groups is 19. The standard InChI is InChI=1S/C63H102O32/c1-24-44(90-50-40(77)35(72)28(69)19-84-50)46(92-55-48(81)62(83,22-67)23-86-55)43(80)52(87-24)93-47-36(73)29(70)20-85-54(47)95-56(82)63-13-12-57(2,3)14-26(63)25-8-9-33-58(4)15-27(68)49(59(5,21-66)32(58)10-11-60(33,6)61(25,7)16-34(63)71)94-53-42(79)45(38(75)31(18-65)89-53)91-51-41(78)39(76)37(74)30(17-64)88-51/h8,24,26-55,64-81,83H,9-23H2,1-7H3/t24-,26?,27-,28+,29-,30+,31+,32?,33+,34+,35-,36-,37+,38+,39-,40+,41+,42+,43+,44-,45-,46-,47+,48-,49-,50-,51-,52-,53-,54-,55-,58-,59-,60+,61+,62+,63+/m0/s1. The first-order chi connectivity index (χ1) is 44.5. The van der Waals surface area contributed by atoms with Crippen molar-refractivity contribution in [3.63, 3.8) is 0 Å². The van der Waals surface area contributed by atoms with Crippen LogP contribution in [0.4, 0.5) is 0 Å². The highest BCUT2D eigenvalue weighted by Gasteiger charge is 2.74. The molecule has 0 bridgehead atoms. The lowest BCUT2D eigenvalue weighted by Gasteiger charge is -2.72. The van der Waals surface area contributed by atoms with Crippen LogP contribution in [0.5, 0.6) is 0 Å².